The number of hydrogen-bond acceptors (Lipinski definition) is 4. The minimum atomic E-state index is -0.304. The van der Waals surface area contributed by atoms with Crippen molar-refractivity contribution in [2.45, 2.75) is 12.8 Å². The third-order valence-electron chi connectivity index (χ3n) is 3.67. The third kappa shape index (κ3) is 2.93. The molecule has 0 aromatic carbocycles. The van der Waals surface area contributed by atoms with Gasteiger partial charge >= 0.3 is 6.09 Å². The van der Waals surface area contributed by atoms with Gasteiger partial charge in [0, 0.05) is 32.7 Å². The molecule has 2 aliphatic rings. The van der Waals surface area contributed by atoms with Crippen LogP contribution >= 0.6 is 0 Å². The quantitative estimate of drug-likeness (QED) is 0.710. The van der Waals surface area contributed by atoms with Crippen LogP contribution in [0.15, 0.2) is 0 Å². The fourth-order valence-corrected chi connectivity index (χ4v) is 2.56. The number of ether oxygens (including phenoxy) is 1. The molecule has 0 saturated carbocycles. The van der Waals surface area contributed by atoms with Crippen LogP contribution in [0.2, 0.25) is 0 Å². The Balaban J connectivity index is 1.81. The first-order valence-corrected chi connectivity index (χ1v) is 6.55. The summed E-state index contributed by atoms with van der Waals surface area (Å²) in [5.74, 6) is 0.343. The van der Waals surface area contributed by atoms with Gasteiger partial charge < -0.3 is 19.9 Å². The summed E-state index contributed by atoms with van der Waals surface area (Å²) in [6, 6.07) is 0. The summed E-state index contributed by atoms with van der Waals surface area (Å²) < 4.78 is 4.68. The highest BCUT2D eigenvalue weighted by atomic mass is 16.5. The molecule has 0 spiro atoms. The Hall–Kier alpha value is -1.30. The van der Waals surface area contributed by atoms with Crippen molar-refractivity contribution in [1.29, 1.82) is 0 Å². The zero-order valence-electron chi connectivity index (χ0n) is 10.9. The molecule has 1 atom stereocenters. The van der Waals surface area contributed by atoms with Crippen LogP contribution in [0, 0.1) is 5.92 Å². The number of carbonyl (C=O) groups excluding carboxylic acids is 2. The molecule has 18 heavy (non-hydrogen) atoms. The molecule has 0 aromatic rings. The lowest BCUT2D eigenvalue weighted by atomic mass is 9.98. The summed E-state index contributed by atoms with van der Waals surface area (Å²) in [7, 11) is 1.38. The summed E-state index contributed by atoms with van der Waals surface area (Å²) in [4.78, 5) is 27.1. The Labute approximate surface area is 107 Å². The van der Waals surface area contributed by atoms with E-state index in [4.69, 9.17) is 0 Å². The number of rotatable bonds is 1. The van der Waals surface area contributed by atoms with Gasteiger partial charge in [0.25, 0.3) is 0 Å². The number of nitrogens with one attached hydrogen (secondary N) is 1. The number of carbonyl (C=O) groups is 2. The van der Waals surface area contributed by atoms with Gasteiger partial charge in [-0.1, -0.05) is 0 Å². The minimum Gasteiger partial charge on any atom is -0.453 e. The van der Waals surface area contributed by atoms with Crippen LogP contribution in [0.5, 0.6) is 0 Å². The van der Waals surface area contributed by atoms with E-state index in [1.165, 1.54) is 7.11 Å². The van der Waals surface area contributed by atoms with E-state index in [0.717, 1.165) is 25.9 Å². The summed E-state index contributed by atoms with van der Waals surface area (Å²) >= 11 is 0. The standard InChI is InChI=1S/C12H21N3O3/c1-18-12(17)15-7-5-14(6-8-15)11(16)10-3-2-4-13-9-10/h10,13H,2-9H2,1H3/t10-/m0/s1. The predicted molar refractivity (Wildman–Crippen MR) is 66.2 cm³/mol. The van der Waals surface area contributed by atoms with E-state index in [9.17, 15) is 9.59 Å². The molecule has 2 aliphatic heterocycles. The van der Waals surface area contributed by atoms with Crippen LogP contribution in [0.25, 0.3) is 0 Å². The lowest BCUT2D eigenvalue weighted by Crippen LogP contribution is -2.53. The molecule has 2 fully saturated rings. The van der Waals surface area contributed by atoms with Crippen molar-refractivity contribution in [3.05, 3.63) is 0 Å². The predicted octanol–water partition coefficient (Wildman–Crippen LogP) is -0.103. The lowest BCUT2D eigenvalue weighted by molar-refractivity contribution is -0.137. The summed E-state index contributed by atoms with van der Waals surface area (Å²) in [6.07, 6.45) is 1.74. The maximum absolute atomic E-state index is 12.3. The monoisotopic (exact) mass is 255 g/mol. The Morgan fingerprint density at radius 3 is 2.39 bits per heavy atom. The molecular formula is C12H21N3O3. The van der Waals surface area contributed by atoms with Gasteiger partial charge in [0.2, 0.25) is 5.91 Å². The average Bonchev–Trinajstić information content (AvgIpc) is 2.47. The van der Waals surface area contributed by atoms with Crippen molar-refractivity contribution in [2.75, 3.05) is 46.4 Å². The van der Waals surface area contributed by atoms with Crippen molar-refractivity contribution in [3.63, 3.8) is 0 Å². The molecule has 102 valence electrons. The highest BCUT2D eigenvalue weighted by Crippen LogP contribution is 2.15. The number of hydrogen-bond donors (Lipinski definition) is 1. The summed E-state index contributed by atoms with van der Waals surface area (Å²) in [5.41, 5.74) is 0. The second kappa shape index (κ2) is 6.04. The van der Waals surface area contributed by atoms with Crippen LogP contribution in [-0.2, 0) is 9.53 Å². The lowest BCUT2D eigenvalue weighted by Gasteiger charge is -2.36. The molecule has 6 heteroatoms. The van der Waals surface area contributed by atoms with Crippen LogP contribution < -0.4 is 5.32 Å². The SMILES string of the molecule is COC(=O)N1CCN(C(=O)[C@H]2CCCNC2)CC1. The fourth-order valence-electron chi connectivity index (χ4n) is 2.56. The number of amides is 2. The highest BCUT2D eigenvalue weighted by Gasteiger charge is 2.29. The maximum Gasteiger partial charge on any atom is 0.409 e. The van der Waals surface area contributed by atoms with Gasteiger partial charge in [0.15, 0.2) is 0 Å². The minimum absolute atomic E-state index is 0.114. The molecule has 2 heterocycles. The number of piperazine rings is 1. The average molecular weight is 255 g/mol. The molecule has 0 radical (unpaired) electrons. The molecule has 0 aliphatic carbocycles. The first-order chi connectivity index (χ1) is 8.72. The molecule has 0 aromatic heterocycles. The first kappa shape index (κ1) is 13.1. The zero-order chi connectivity index (χ0) is 13.0. The van der Waals surface area contributed by atoms with Crippen molar-refractivity contribution < 1.29 is 14.3 Å². The normalized spacial score (nSPS) is 24.8. The zero-order valence-corrected chi connectivity index (χ0v) is 10.9. The molecular weight excluding hydrogens is 234 g/mol. The van der Waals surface area contributed by atoms with Crippen molar-refractivity contribution >= 4 is 12.0 Å². The fraction of sp³-hybridized carbons (Fsp3) is 0.833. The van der Waals surface area contributed by atoms with Gasteiger partial charge in [0.05, 0.1) is 13.0 Å². The van der Waals surface area contributed by atoms with Gasteiger partial charge in [-0.25, -0.2) is 4.79 Å². The van der Waals surface area contributed by atoms with Crippen LogP contribution in [0.1, 0.15) is 12.8 Å². The van der Waals surface area contributed by atoms with Gasteiger partial charge in [-0.05, 0) is 19.4 Å². The van der Waals surface area contributed by atoms with E-state index in [1.807, 2.05) is 4.90 Å². The van der Waals surface area contributed by atoms with Gasteiger partial charge in [-0.15, -0.1) is 0 Å². The number of methoxy groups -OCH3 is 1. The second-order valence-corrected chi connectivity index (χ2v) is 4.83. The van der Waals surface area contributed by atoms with Crippen LogP contribution in [0.4, 0.5) is 4.79 Å². The first-order valence-electron chi connectivity index (χ1n) is 6.55. The van der Waals surface area contributed by atoms with Crippen molar-refractivity contribution in [3.8, 4) is 0 Å². The maximum atomic E-state index is 12.3. The number of nitrogens with zero attached hydrogens (tertiary/aromatic N) is 2. The van der Waals surface area contributed by atoms with E-state index < -0.39 is 0 Å². The highest BCUT2D eigenvalue weighted by molar-refractivity contribution is 5.79. The second-order valence-electron chi connectivity index (χ2n) is 4.83. The smallest absolute Gasteiger partial charge is 0.409 e. The van der Waals surface area contributed by atoms with E-state index >= 15 is 0 Å². The topological polar surface area (TPSA) is 61.9 Å². The Kier molecular flexibility index (Phi) is 4.41. The van der Waals surface area contributed by atoms with Gasteiger partial charge in [0.1, 0.15) is 0 Å². The van der Waals surface area contributed by atoms with Gasteiger partial charge in [-0.2, -0.15) is 0 Å². The Bertz CT molecular complexity index is 308. The van der Waals surface area contributed by atoms with E-state index in [2.05, 4.69) is 10.1 Å². The molecule has 6 nitrogen and oxygen atoms in total. The molecule has 2 rings (SSSR count). The molecule has 1 N–H and O–H groups in total. The molecule has 0 unspecified atom stereocenters. The summed E-state index contributed by atoms with van der Waals surface area (Å²) in [5, 5.41) is 3.26. The van der Waals surface area contributed by atoms with E-state index in [-0.39, 0.29) is 17.9 Å². The number of piperidine rings is 1. The van der Waals surface area contributed by atoms with Crippen molar-refractivity contribution in [2.24, 2.45) is 5.92 Å². The molecule has 2 saturated heterocycles. The van der Waals surface area contributed by atoms with Gasteiger partial charge in [-0.3, -0.25) is 4.79 Å². The molecule has 2 amide bonds. The third-order valence-corrected chi connectivity index (χ3v) is 3.67. The van der Waals surface area contributed by atoms with Crippen molar-refractivity contribution in [1.82, 2.24) is 15.1 Å². The summed E-state index contributed by atoms with van der Waals surface area (Å²) in [6.45, 7) is 4.17. The Morgan fingerprint density at radius 1 is 1.17 bits per heavy atom. The van der Waals surface area contributed by atoms with Crippen LogP contribution in [0.3, 0.4) is 0 Å². The van der Waals surface area contributed by atoms with Crippen LogP contribution in [-0.4, -0.2) is 68.2 Å². The Morgan fingerprint density at radius 2 is 1.83 bits per heavy atom. The largest absolute Gasteiger partial charge is 0.453 e. The molecule has 0 bridgehead atoms. The van der Waals surface area contributed by atoms with E-state index in [0.29, 0.717) is 26.2 Å². The van der Waals surface area contributed by atoms with E-state index in [1.54, 1.807) is 4.90 Å².